The Morgan fingerprint density at radius 3 is 2.83 bits per heavy atom. The van der Waals surface area contributed by atoms with Crippen LogP contribution in [0.4, 0.5) is 0 Å². The van der Waals surface area contributed by atoms with E-state index in [2.05, 4.69) is 4.98 Å². The number of aromatic nitrogens is 2. The summed E-state index contributed by atoms with van der Waals surface area (Å²) in [6, 6.07) is 15.2. The summed E-state index contributed by atoms with van der Waals surface area (Å²) in [6.07, 6.45) is 5.00. The smallest absolute Gasteiger partial charge is 0.256 e. The zero-order valence-corrected chi connectivity index (χ0v) is 13.1. The van der Waals surface area contributed by atoms with Crippen molar-refractivity contribution in [2.45, 2.75) is 20.0 Å². The van der Waals surface area contributed by atoms with Crippen LogP contribution in [0.2, 0.25) is 0 Å². The SMILES string of the molecule is CC(C)Oc1cccc(/C=C/C(=O)n2cnc3ccccc32)c1. The highest BCUT2D eigenvalue weighted by molar-refractivity contribution is 5.99. The van der Waals surface area contributed by atoms with E-state index in [4.69, 9.17) is 4.74 Å². The molecule has 0 aliphatic rings. The Hall–Kier alpha value is -2.88. The van der Waals surface area contributed by atoms with E-state index in [1.165, 1.54) is 0 Å². The molecule has 0 aliphatic heterocycles. The van der Waals surface area contributed by atoms with Crippen LogP contribution in [0.15, 0.2) is 60.9 Å². The first kappa shape index (κ1) is 15.0. The molecule has 0 N–H and O–H groups in total. The van der Waals surface area contributed by atoms with Gasteiger partial charge < -0.3 is 4.74 Å². The van der Waals surface area contributed by atoms with Crippen molar-refractivity contribution in [2.75, 3.05) is 0 Å². The lowest BCUT2D eigenvalue weighted by Crippen LogP contribution is -2.06. The monoisotopic (exact) mass is 306 g/mol. The van der Waals surface area contributed by atoms with Gasteiger partial charge in [0, 0.05) is 6.08 Å². The van der Waals surface area contributed by atoms with Gasteiger partial charge in [-0.05, 0) is 49.8 Å². The zero-order valence-electron chi connectivity index (χ0n) is 13.1. The van der Waals surface area contributed by atoms with Gasteiger partial charge in [0.05, 0.1) is 17.1 Å². The molecule has 0 fully saturated rings. The molecule has 23 heavy (non-hydrogen) atoms. The summed E-state index contributed by atoms with van der Waals surface area (Å²) >= 11 is 0. The highest BCUT2D eigenvalue weighted by atomic mass is 16.5. The molecule has 0 spiro atoms. The molecule has 1 heterocycles. The van der Waals surface area contributed by atoms with Crippen LogP contribution in [0.1, 0.15) is 24.2 Å². The third-order valence-electron chi connectivity index (χ3n) is 3.34. The number of allylic oxidation sites excluding steroid dienone is 1. The van der Waals surface area contributed by atoms with Crippen molar-refractivity contribution in [2.24, 2.45) is 0 Å². The first-order valence-corrected chi connectivity index (χ1v) is 7.55. The Kier molecular flexibility index (Phi) is 4.24. The third-order valence-corrected chi connectivity index (χ3v) is 3.34. The first-order valence-electron chi connectivity index (χ1n) is 7.55. The van der Waals surface area contributed by atoms with Crippen LogP contribution < -0.4 is 4.74 Å². The van der Waals surface area contributed by atoms with Crippen LogP contribution in [0, 0.1) is 0 Å². The summed E-state index contributed by atoms with van der Waals surface area (Å²) in [6.45, 7) is 3.96. The average Bonchev–Trinajstić information content (AvgIpc) is 2.96. The quantitative estimate of drug-likeness (QED) is 0.679. The van der Waals surface area contributed by atoms with Gasteiger partial charge in [-0.1, -0.05) is 24.3 Å². The van der Waals surface area contributed by atoms with Crippen molar-refractivity contribution >= 4 is 23.0 Å². The molecule has 0 saturated carbocycles. The van der Waals surface area contributed by atoms with E-state index in [0.717, 1.165) is 22.3 Å². The molecule has 116 valence electrons. The lowest BCUT2D eigenvalue weighted by molar-refractivity contribution is 0.0974. The van der Waals surface area contributed by atoms with E-state index in [1.807, 2.05) is 62.4 Å². The summed E-state index contributed by atoms with van der Waals surface area (Å²) in [5, 5.41) is 0. The van der Waals surface area contributed by atoms with E-state index in [0.29, 0.717) is 0 Å². The summed E-state index contributed by atoms with van der Waals surface area (Å²) in [5.41, 5.74) is 2.53. The number of rotatable bonds is 4. The van der Waals surface area contributed by atoms with Crippen LogP contribution in [-0.4, -0.2) is 21.6 Å². The van der Waals surface area contributed by atoms with Gasteiger partial charge in [-0.3, -0.25) is 9.36 Å². The molecular weight excluding hydrogens is 288 g/mol. The molecule has 3 rings (SSSR count). The Bertz CT molecular complexity index is 862. The van der Waals surface area contributed by atoms with Crippen LogP contribution in [0.25, 0.3) is 17.1 Å². The molecule has 0 bridgehead atoms. The summed E-state index contributed by atoms with van der Waals surface area (Å²) in [5.74, 6) is 0.663. The van der Waals surface area contributed by atoms with E-state index >= 15 is 0 Å². The molecule has 0 unspecified atom stereocenters. The van der Waals surface area contributed by atoms with Crippen molar-refractivity contribution in [3.05, 3.63) is 66.5 Å². The molecule has 0 aliphatic carbocycles. The summed E-state index contributed by atoms with van der Waals surface area (Å²) in [4.78, 5) is 16.6. The van der Waals surface area contributed by atoms with Crippen molar-refractivity contribution in [1.82, 2.24) is 9.55 Å². The Balaban J connectivity index is 1.81. The summed E-state index contributed by atoms with van der Waals surface area (Å²) < 4.78 is 7.20. The molecule has 3 aromatic rings. The number of imidazole rings is 1. The number of hydrogen-bond donors (Lipinski definition) is 0. The number of carbonyl (C=O) groups is 1. The number of nitrogens with zero attached hydrogens (tertiary/aromatic N) is 2. The zero-order chi connectivity index (χ0) is 16.2. The lowest BCUT2D eigenvalue weighted by atomic mass is 10.2. The minimum Gasteiger partial charge on any atom is -0.491 e. The normalized spacial score (nSPS) is 11.4. The largest absolute Gasteiger partial charge is 0.491 e. The maximum atomic E-state index is 12.4. The molecule has 1 aromatic heterocycles. The number of ether oxygens (including phenoxy) is 1. The topological polar surface area (TPSA) is 44.1 Å². The molecule has 0 saturated heterocycles. The second kappa shape index (κ2) is 6.48. The molecule has 0 radical (unpaired) electrons. The number of para-hydroxylation sites is 2. The maximum absolute atomic E-state index is 12.4. The Labute approximate surface area is 135 Å². The Morgan fingerprint density at radius 1 is 1.17 bits per heavy atom. The van der Waals surface area contributed by atoms with Gasteiger partial charge in [-0.25, -0.2) is 4.98 Å². The minimum atomic E-state index is -0.131. The van der Waals surface area contributed by atoms with E-state index in [-0.39, 0.29) is 12.0 Å². The fourth-order valence-electron chi connectivity index (χ4n) is 2.35. The minimum absolute atomic E-state index is 0.119. The molecular formula is C19H18N2O2. The second-order valence-corrected chi connectivity index (χ2v) is 5.51. The fraction of sp³-hybridized carbons (Fsp3) is 0.158. The van der Waals surface area contributed by atoms with Gasteiger partial charge in [0.25, 0.3) is 5.91 Å². The van der Waals surface area contributed by atoms with E-state index in [9.17, 15) is 4.79 Å². The second-order valence-electron chi connectivity index (χ2n) is 5.51. The standard InChI is InChI=1S/C19H18N2O2/c1-14(2)23-16-7-5-6-15(12-16)10-11-19(22)21-13-20-17-8-3-4-9-18(17)21/h3-14H,1-2H3/b11-10+. The molecule has 0 atom stereocenters. The van der Waals surface area contributed by atoms with Crippen LogP contribution in [0.5, 0.6) is 5.75 Å². The molecule has 4 nitrogen and oxygen atoms in total. The predicted molar refractivity (Wildman–Crippen MR) is 91.6 cm³/mol. The van der Waals surface area contributed by atoms with Crippen LogP contribution in [-0.2, 0) is 0 Å². The molecule has 0 amide bonds. The van der Waals surface area contributed by atoms with Gasteiger partial charge in [-0.2, -0.15) is 0 Å². The van der Waals surface area contributed by atoms with Crippen LogP contribution >= 0.6 is 0 Å². The summed E-state index contributed by atoms with van der Waals surface area (Å²) in [7, 11) is 0. The highest BCUT2D eigenvalue weighted by Gasteiger charge is 2.06. The van der Waals surface area contributed by atoms with Gasteiger partial charge in [-0.15, -0.1) is 0 Å². The van der Waals surface area contributed by atoms with Crippen molar-refractivity contribution in [1.29, 1.82) is 0 Å². The average molecular weight is 306 g/mol. The fourth-order valence-corrected chi connectivity index (χ4v) is 2.35. The number of benzene rings is 2. The lowest BCUT2D eigenvalue weighted by Gasteiger charge is -2.09. The third kappa shape index (κ3) is 3.48. The van der Waals surface area contributed by atoms with E-state index in [1.54, 1.807) is 23.0 Å². The highest BCUT2D eigenvalue weighted by Crippen LogP contribution is 2.16. The van der Waals surface area contributed by atoms with Crippen molar-refractivity contribution in [3.63, 3.8) is 0 Å². The Morgan fingerprint density at radius 2 is 2.00 bits per heavy atom. The van der Waals surface area contributed by atoms with Crippen molar-refractivity contribution in [3.8, 4) is 5.75 Å². The van der Waals surface area contributed by atoms with Gasteiger partial charge in [0.2, 0.25) is 0 Å². The molecule has 2 aromatic carbocycles. The van der Waals surface area contributed by atoms with Crippen LogP contribution in [0.3, 0.4) is 0 Å². The first-order chi connectivity index (χ1) is 11.1. The molecule has 4 heteroatoms. The predicted octanol–water partition coefficient (Wildman–Crippen LogP) is 4.18. The van der Waals surface area contributed by atoms with Gasteiger partial charge >= 0.3 is 0 Å². The number of hydrogen-bond acceptors (Lipinski definition) is 3. The van der Waals surface area contributed by atoms with Crippen molar-refractivity contribution < 1.29 is 9.53 Å². The van der Waals surface area contributed by atoms with E-state index < -0.39 is 0 Å². The van der Waals surface area contributed by atoms with Gasteiger partial charge in [0.1, 0.15) is 12.1 Å². The number of fused-ring (bicyclic) bond motifs is 1. The van der Waals surface area contributed by atoms with Gasteiger partial charge in [0.15, 0.2) is 0 Å². The number of carbonyl (C=O) groups excluding carboxylic acids is 1. The maximum Gasteiger partial charge on any atom is 0.256 e.